The Morgan fingerprint density at radius 3 is 1.35 bits per heavy atom. The summed E-state index contributed by atoms with van der Waals surface area (Å²) in [6.07, 6.45) is 0. The number of rotatable bonds is 0. The van der Waals surface area contributed by atoms with Gasteiger partial charge in [-0.1, -0.05) is 48.5 Å². The van der Waals surface area contributed by atoms with E-state index in [0.717, 1.165) is 0 Å². The van der Waals surface area contributed by atoms with Gasteiger partial charge in [0, 0.05) is 21.9 Å². The van der Waals surface area contributed by atoms with Crippen molar-refractivity contribution in [2.75, 3.05) is 0 Å². The van der Waals surface area contributed by atoms with Crippen LogP contribution >= 0.6 is 12.4 Å². The van der Waals surface area contributed by atoms with E-state index in [1.165, 1.54) is 0 Å². The van der Waals surface area contributed by atoms with Crippen LogP contribution in [-0.4, -0.2) is 21.8 Å². The third kappa shape index (κ3) is 1.85. The summed E-state index contributed by atoms with van der Waals surface area (Å²) in [6, 6.07) is 13.0. The summed E-state index contributed by atoms with van der Waals surface area (Å²) < 4.78 is 0. The molecule has 0 spiro atoms. The van der Waals surface area contributed by atoms with E-state index < -0.39 is 11.6 Å². The predicted molar refractivity (Wildman–Crippen MR) is 87.8 cm³/mol. The summed E-state index contributed by atoms with van der Waals surface area (Å²) in [6.45, 7) is 0. The minimum Gasteiger partial charge on any atom is -0.506 e. The van der Waals surface area contributed by atoms with Crippen LogP contribution in [0.2, 0.25) is 0 Å². The quantitative estimate of drug-likeness (QED) is 0.485. The average Bonchev–Trinajstić information content (AvgIpc) is 2.56. The lowest BCUT2D eigenvalue weighted by Crippen LogP contribution is -2.21. The lowest BCUT2D eigenvalue weighted by molar-refractivity contribution is 0.0974. The third-order valence-electron chi connectivity index (χ3n) is 4.03. The zero-order valence-electron chi connectivity index (χ0n) is 11.7. The maximum atomic E-state index is 12.6. The summed E-state index contributed by atoms with van der Waals surface area (Å²) in [7, 11) is 0. The number of halogens is 1. The maximum absolute atomic E-state index is 12.6. The molecule has 0 fully saturated rings. The van der Waals surface area contributed by atoms with E-state index in [1.54, 1.807) is 48.5 Å². The Labute approximate surface area is 137 Å². The van der Waals surface area contributed by atoms with Gasteiger partial charge in [0.15, 0.2) is 11.6 Å². The lowest BCUT2D eigenvalue weighted by Gasteiger charge is -2.20. The number of carbonyl (C=O) groups excluding carboxylic acids is 2. The van der Waals surface area contributed by atoms with Gasteiger partial charge in [0.25, 0.3) is 0 Å². The third-order valence-corrected chi connectivity index (χ3v) is 4.03. The summed E-state index contributed by atoms with van der Waals surface area (Å²) in [4.78, 5) is 25.3. The van der Waals surface area contributed by atoms with Gasteiger partial charge in [-0.25, -0.2) is 0 Å². The van der Waals surface area contributed by atoms with Crippen molar-refractivity contribution < 1.29 is 19.8 Å². The van der Waals surface area contributed by atoms with E-state index in [9.17, 15) is 19.8 Å². The monoisotopic (exact) mass is 326 g/mol. The average molecular weight is 327 g/mol. The van der Waals surface area contributed by atoms with E-state index in [-0.39, 0.29) is 46.2 Å². The summed E-state index contributed by atoms with van der Waals surface area (Å²) in [5.74, 6) is -1.44. The normalized spacial score (nSPS) is 12.5. The van der Waals surface area contributed by atoms with Crippen molar-refractivity contribution in [1.29, 1.82) is 0 Å². The van der Waals surface area contributed by atoms with Crippen LogP contribution in [0.4, 0.5) is 0 Å². The maximum Gasteiger partial charge on any atom is 0.198 e. The van der Waals surface area contributed by atoms with Crippen LogP contribution in [0.1, 0.15) is 31.8 Å². The van der Waals surface area contributed by atoms with Gasteiger partial charge in [0.05, 0.1) is 11.1 Å². The molecule has 1 aliphatic carbocycles. The minimum atomic E-state index is -0.455. The number of phenolic OH excluding ortho intramolecular Hbond substituents is 2. The lowest BCUT2D eigenvalue weighted by atomic mass is 9.81. The van der Waals surface area contributed by atoms with Gasteiger partial charge in [0.1, 0.15) is 11.5 Å². The molecule has 3 aromatic carbocycles. The van der Waals surface area contributed by atoms with Crippen LogP contribution in [-0.2, 0) is 0 Å². The van der Waals surface area contributed by atoms with Crippen LogP contribution in [0.25, 0.3) is 10.8 Å². The smallest absolute Gasteiger partial charge is 0.198 e. The van der Waals surface area contributed by atoms with E-state index in [2.05, 4.69) is 0 Å². The molecule has 4 nitrogen and oxygen atoms in total. The van der Waals surface area contributed by atoms with E-state index >= 15 is 0 Å². The van der Waals surface area contributed by atoms with E-state index in [4.69, 9.17) is 0 Å². The molecule has 0 saturated heterocycles. The second-order valence-corrected chi connectivity index (χ2v) is 5.20. The summed E-state index contributed by atoms with van der Waals surface area (Å²) in [5.41, 5.74) is 0.231. The van der Waals surface area contributed by atoms with Gasteiger partial charge >= 0.3 is 0 Å². The van der Waals surface area contributed by atoms with Crippen molar-refractivity contribution in [3.8, 4) is 11.5 Å². The molecule has 5 heteroatoms. The van der Waals surface area contributed by atoms with Crippen molar-refractivity contribution in [3.05, 3.63) is 70.8 Å². The molecule has 0 heterocycles. The van der Waals surface area contributed by atoms with Crippen molar-refractivity contribution in [3.63, 3.8) is 0 Å². The Bertz CT molecular complexity index is 912. The molecule has 0 aromatic heterocycles. The van der Waals surface area contributed by atoms with Crippen LogP contribution in [0.3, 0.4) is 0 Å². The van der Waals surface area contributed by atoms with Gasteiger partial charge in [-0.3, -0.25) is 9.59 Å². The first kappa shape index (κ1) is 15.1. The molecule has 2 N–H and O–H groups in total. The molecule has 0 saturated carbocycles. The summed E-state index contributed by atoms with van der Waals surface area (Å²) >= 11 is 0. The SMILES string of the molecule is Cl.O=C1c2ccccc2C(=O)c2c1c(O)c1ccccc1c2O. The molecule has 0 radical (unpaired) electrons. The number of hydrogen-bond acceptors (Lipinski definition) is 4. The Balaban J connectivity index is 0.00000156. The fourth-order valence-corrected chi connectivity index (χ4v) is 2.99. The van der Waals surface area contributed by atoms with E-state index in [1.807, 2.05) is 0 Å². The zero-order valence-corrected chi connectivity index (χ0v) is 12.6. The number of ketones is 2. The van der Waals surface area contributed by atoms with Crippen molar-refractivity contribution in [2.24, 2.45) is 0 Å². The Morgan fingerprint density at radius 2 is 0.957 bits per heavy atom. The highest BCUT2D eigenvalue weighted by molar-refractivity contribution is 6.32. The largest absolute Gasteiger partial charge is 0.506 e. The molecule has 0 unspecified atom stereocenters. The van der Waals surface area contributed by atoms with Crippen molar-refractivity contribution >= 4 is 34.7 Å². The molecular weight excluding hydrogens is 316 g/mol. The Kier molecular flexibility index (Phi) is 3.34. The van der Waals surface area contributed by atoms with Crippen LogP contribution in [0.5, 0.6) is 11.5 Å². The highest BCUT2D eigenvalue weighted by Crippen LogP contribution is 2.43. The number of hydrogen-bond donors (Lipinski definition) is 2. The molecular formula is C18H11ClO4. The standard InChI is InChI=1S/C18H10O4.ClH/c19-15-9-5-1-2-6-10(9)16(20)14-13(15)17(21)11-7-3-4-8-12(11)18(14)22;/h1-8,19-20H;1H. The summed E-state index contributed by atoms with van der Waals surface area (Å²) in [5, 5.41) is 21.6. The van der Waals surface area contributed by atoms with Crippen molar-refractivity contribution in [2.45, 2.75) is 0 Å². The first-order valence-electron chi connectivity index (χ1n) is 6.76. The molecule has 0 amide bonds. The second kappa shape index (κ2) is 5.11. The zero-order chi connectivity index (χ0) is 15.4. The van der Waals surface area contributed by atoms with Gasteiger partial charge in [-0.05, 0) is 0 Å². The molecule has 1 aliphatic rings. The first-order valence-corrected chi connectivity index (χ1v) is 6.76. The Morgan fingerprint density at radius 1 is 0.609 bits per heavy atom. The van der Waals surface area contributed by atoms with Gasteiger partial charge < -0.3 is 10.2 Å². The highest BCUT2D eigenvalue weighted by atomic mass is 35.5. The highest BCUT2D eigenvalue weighted by Gasteiger charge is 2.35. The molecule has 0 aliphatic heterocycles. The molecule has 0 bridgehead atoms. The van der Waals surface area contributed by atoms with Gasteiger partial charge in [0.2, 0.25) is 0 Å². The molecule has 3 aromatic rings. The van der Waals surface area contributed by atoms with Crippen LogP contribution in [0.15, 0.2) is 48.5 Å². The minimum absolute atomic E-state index is 0. The number of phenols is 2. The van der Waals surface area contributed by atoms with Crippen LogP contribution < -0.4 is 0 Å². The first-order chi connectivity index (χ1) is 10.6. The molecule has 114 valence electrons. The fourth-order valence-electron chi connectivity index (χ4n) is 2.99. The Hall–Kier alpha value is -2.85. The van der Waals surface area contributed by atoms with Gasteiger partial charge in [-0.15, -0.1) is 12.4 Å². The number of benzene rings is 3. The number of aromatic hydroxyl groups is 2. The topological polar surface area (TPSA) is 74.6 Å². The van der Waals surface area contributed by atoms with Crippen molar-refractivity contribution in [1.82, 2.24) is 0 Å². The predicted octanol–water partition coefficient (Wildman–Crippen LogP) is 3.45. The second-order valence-electron chi connectivity index (χ2n) is 5.20. The van der Waals surface area contributed by atoms with Crippen LogP contribution in [0, 0.1) is 0 Å². The van der Waals surface area contributed by atoms with Gasteiger partial charge in [-0.2, -0.15) is 0 Å². The fraction of sp³-hybridized carbons (Fsp3) is 0. The molecule has 0 atom stereocenters. The molecule has 4 rings (SSSR count). The number of fused-ring (bicyclic) bond motifs is 3. The molecule has 23 heavy (non-hydrogen) atoms. The van der Waals surface area contributed by atoms with E-state index in [0.29, 0.717) is 10.8 Å². The number of carbonyl (C=O) groups is 2.